The standard InChI is InChI=1S/C23H31N5O5/c1-25-21(24)20(22(31)26(2)23(25)32)18(29)15-27-11-4-12-28(14-13-27)19(30)10-7-16-5-8-17(33-3)9-6-16/h5-6,8-9H,4,7,10-15,24H2,1-3H3. The van der Waals surface area contributed by atoms with Crippen LogP contribution in [0.2, 0.25) is 0 Å². The van der Waals surface area contributed by atoms with Gasteiger partial charge < -0.3 is 15.4 Å². The Balaban J connectivity index is 1.58. The van der Waals surface area contributed by atoms with Crippen LogP contribution in [0.3, 0.4) is 0 Å². The van der Waals surface area contributed by atoms with E-state index in [2.05, 4.69) is 0 Å². The molecular formula is C23H31N5O5. The fourth-order valence-corrected chi connectivity index (χ4v) is 3.98. The summed E-state index contributed by atoms with van der Waals surface area (Å²) in [6.45, 7) is 2.28. The highest BCUT2D eigenvalue weighted by molar-refractivity contribution is 6.01. The van der Waals surface area contributed by atoms with E-state index in [0.717, 1.165) is 26.9 Å². The maximum atomic E-state index is 12.9. The van der Waals surface area contributed by atoms with E-state index in [1.807, 2.05) is 34.1 Å². The minimum atomic E-state index is -0.689. The monoisotopic (exact) mass is 457 g/mol. The Kier molecular flexibility index (Phi) is 7.70. The van der Waals surface area contributed by atoms with Crippen LogP contribution in [0.25, 0.3) is 0 Å². The maximum Gasteiger partial charge on any atom is 0.332 e. The van der Waals surface area contributed by atoms with Gasteiger partial charge >= 0.3 is 5.69 Å². The van der Waals surface area contributed by atoms with Gasteiger partial charge in [0.15, 0.2) is 5.78 Å². The third-order valence-corrected chi connectivity index (χ3v) is 6.08. The molecule has 2 heterocycles. The fraction of sp³-hybridized carbons (Fsp3) is 0.478. The number of ketones is 1. The molecule has 0 saturated carbocycles. The lowest BCUT2D eigenvalue weighted by Crippen LogP contribution is -2.43. The van der Waals surface area contributed by atoms with E-state index in [4.69, 9.17) is 10.5 Å². The lowest BCUT2D eigenvalue weighted by atomic mass is 10.1. The number of benzene rings is 1. The number of aryl methyl sites for hydroxylation is 1. The highest BCUT2D eigenvalue weighted by Crippen LogP contribution is 2.14. The van der Waals surface area contributed by atoms with Crippen LogP contribution in [0, 0.1) is 0 Å². The van der Waals surface area contributed by atoms with E-state index in [1.54, 1.807) is 7.11 Å². The van der Waals surface area contributed by atoms with E-state index in [-0.39, 0.29) is 23.8 Å². The molecule has 3 rings (SSSR count). The molecule has 178 valence electrons. The maximum absolute atomic E-state index is 12.9. The van der Waals surface area contributed by atoms with Crippen LogP contribution in [0.5, 0.6) is 5.75 Å². The summed E-state index contributed by atoms with van der Waals surface area (Å²) in [7, 11) is 4.36. The predicted molar refractivity (Wildman–Crippen MR) is 125 cm³/mol. The van der Waals surface area contributed by atoms with E-state index in [0.29, 0.717) is 39.0 Å². The smallest absolute Gasteiger partial charge is 0.332 e. The molecule has 0 bridgehead atoms. The lowest BCUT2D eigenvalue weighted by molar-refractivity contribution is -0.131. The first kappa shape index (κ1) is 24.2. The van der Waals surface area contributed by atoms with Crippen LogP contribution >= 0.6 is 0 Å². The van der Waals surface area contributed by atoms with E-state index in [1.165, 1.54) is 14.1 Å². The summed E-state index contributed by atoms with van der Waals surface area (Å²) in [6, 6.07) is 7.67. The Hall–Kier alpha value is -3.40. The van der Waals surface area contributed by atoms with Crippen molar-refractivity contribution in [2.75, 3.05) is 45.6 Å². The molecule has 1 amide bonds. The van der Waals surface area contributed by atoms with E-state index >= 15 is 0 Å². The normalized spacial score (nSPS) is 14.7. The van der Waals surface area contributed by atoms with Crippen molar-refractivity contribution in [3.05, 3.63) is 56.2 Å². The molecule has 1 aromatic heterocycles. The quantitative estimate of drug-likeness (QED) is 0.582. The topological polar surface area (TPSA) is 120 Å². The second-order valence-electron chi connectivity index (χ2n) is 8.25. The number of Topliss-reactive ketones (excluding diaryl/α,β-unsaturated/α-hetero) is 1. The van der Waals surface area contributed by atoms with Crippen LogP contribution in [0.1, 0.15) is 28.8 Å². The average molecular weight is 458 g/mol. The van der Waals surface area contributed by atoms with Crippen molar-refractivity contribution >= 4 is 17.5 Å². The highest BCUT2D eigenvalue weighted by Gasteiger charge is 2.24. The summed E-state index contributed by atoms with van der Waals surface area (Å²) in [6.07, 6.45) is 1.79. The zero-order valence-corrected chi connectivity index (χ0v) is 19.4. The van der Waals surface area contributed by atoms with Gasteiger partial charge in [0.2, 0.25) is 5.91 Å². The summed E-state index contributed by atoms with van der Waals surface area (Å²) in [5, 5.41) is 0. The Morgan fingerprint density at radius 2 is 1.70 bits per heavy atom. The molecule has 1 aliphatic rings. The first-order valence-corrected chi connectivity index (χ1v) is 10.9. The first-order valence-electron chi connectivity index (χ1n) is 10.9. The molecule has 33 heavy (non-hydrogen) atoms. The molecule has 0 aliphatic carbocycles. The molecule has 10 nitrogen and oxygen atoms in total. The van der Waals surface area contributed by atoms with Crippen molar-refractivity contribution in [1.29, 1.82) is 0 Å². The van der Waals surface area contributed by atoms with Gasteiger partial charge in [0.1, 0.15) is 17.1 Å². The molecule has 1 saturated heterocycles. The summed E-state index contributed by atoms with van der Waals surface area (Å²) >= 11 is 0. The molecule has 1 fully saturated rings. The van der Waals surface area contributed by atoms with E-state index < -0.39 is 17.0 Å². The zero-order valence-electron chi connectivity index (χ0n) is 19.4. The van der Waals surface area contributed by atoms with Gasteiger partial charge in [0, 0.05) is 46.7 Å². The van der Waals surface area contributed by atoms with Crippen LogP contribution in [-0.2, 0) is 25.3 Å². The number of nitrogens with two attached hydrogens (primary N) is 1. The zero-order chi connectivity index (χ0) is 24.1. The Morgan fingerprint density at radius 1 is 1.00 bits per heavy atom. The largest absolute Gasteiger partial charge is 0.497 e. The minimum absolute atomic E-state index is 0.00548. The number of hydrogen-bond donors (Lipinski definition) is 1. The van der Waals surface area contributed by atoms with Crippen molar-refractivity contribution in [2.24, 2.45) is 14.1 Å². The molecule has 10 heteroatoms. The number of nitrogens with zero attached hydrogens (tertiary/aromatic N) is 4. The number of amides is 1. The Morgan fingerprint density at radius 3 is 2.36 bits per heavy atom. The minimum Gasteiger partial charge on any atom is -0.497 e. The van der Waals surface area contributed by atoms with Gasteiger partial charge in [-0.15, -0.1) is 0 Å². The van der Waals surface area contributed by atoms with Gasteiger partial charge in [0.25, 0.3) is 5.56 Å². The number of nitrogen functional groups attached to an aromatic ring is 1. The van der Waals surface area contributed by atoms with Crippen molar-refractivity contribution in [3.8, 4) is 5.75 Å². The van der Waals surface area contributed by atoms with Crippen LogP contribution in [-0.4, -0.2) is 70.5 Å². The van der Waals surface area contributed by atoms with Crippen molar-refractivity contribution in [3.63, 3.8) is 0 Å². The van der Waals surface area contributed by atoms with Crippen molar-refractivity contribution in [1.82, 2.24) is 18.9 Å². The van der Waals surface area contributed by atoms with Gasteiger partial charge in [-0.25, -0.2) is 4.79 Å². The molecule has 0 unspecified atom stereocenters. The highest BCUT2D eigenvalue weighted by atomic mass is 16.5. The Bertz CT molecular complexity index is 1140. The summed E-state index contributed by atoms with van der Waals surface area (Å²) in [5.74, 6) is 0.306. The third kappa shape index (κ3) is 5.51. The second-order valence-corrected chi connectivity index (χ2v) is 8.25. The summed E-state index contributed by atoms with van der Waals surface area (Å²) < 4.78 is 7.14. The number of ether oxygens (including phenoxy) is 1. The van der Waals surface area contributed by atoms with Gasteiger partial charge in [-0.05, 0) is 30.5 Å². The molecular weight excluding hydrogens is 426 g/mol. The van der Waals surface area contributed by atoms with Crippen LogP contribution < -0.4 is 21.7 Å². The lowest BCUT2D eigenvalue weighted by Gasteiger charge is -2.22. The van der Waals surface area contributed by atoms with Gasteiger partial charge in [-0.2, -0.15) is 0 Å². The molecule has 1 aliphatic heterocycles. The SMILES string of the molecule is COc1ccc(CCC(=O)N2CCCN(CC(=O)c3c(N)n(C)c(=O)n(C)c3=O)CC2)cc1. The molecule has 0 radical (unpaired) electrons. The predicted octanol–water partition coefficient (Wildman–Crippen LogP) is 0.0246. The van der Waals surface area contributed by atoms with E-state index in [9.17, 15) is 19.2 Å². The molecule has 2 aromatic rings. The van der Waals surface area contributed by atoms with Gasteiger partial charge in [-0.1, -0.05) is 12.1 Å². The van der Waals surface area contributed by atoms with Crippen LogP contribution in [0.15, 0.2) is 33.9 Å². The number of rotatable bonds is 7. The van der Waals surface area contributed by atoms with Gasteiger partial charge in [-0.3, -0.25) is 28.4 Å². The fourth-order valence-electron chi connectivity index (χ4n) is 3.98. The number of anilines is 1. The number of methoxy groups -OCH3 is 1. The number of carbonyl (C=O) groups is 2. The second kappa shape index (κ2) is 10.5. The van der Waals surface area contributed by atoms with Crippen LogP contribution in [0.4, 0.5) is 5.82 Å². The summed E-state index contributed by atoms with van der Waals surface area (Å²) in [5.41, 5.74) is 5.54. The van der Waals surface area contributed by atoms with Gasteiger partial charge in [0.05, 0.1) is 13.7 Å². The molecule has 0 spiro atoms. The van der Waals surface area contributed by atoms with Crippen molar-refractivity contribution in [2.45, 2.75) is 19.3 Å². The number of carbonyl (C=O) groups excluding carboxylic acids is 2. The molecule has 0 atom stereocenters. The average Bonchev–Trinajstić information content (AvgIpc) is 3.06. The first-order chi connectivity index (χ1) is 15.7. The Labute approximate surface area is 192 Å². The molecule has 1 aromatic carbocycles. The molecule has 2 N–H and O–H groups in total. The van der Waals surface area contributed by atoms with Crippen molar-refractivity contribution < 1.29 is 14.3 Å². The number of aromatic nitrogens is 2. The third-order valence-electron chi connectivity index (χ3n) is 6.08. The number of hydrogen-bond acceptors (Lipinski definition) is 7. The summed E-state index contributed by atoms with van der Waals surface area (Å²) in [4.78, 5) is 53.8.